The Hall–Kier alpha value is 1.76. The second kappa shape index (κ2) is 170. The largest absolute Gasteiger partial charge is 1.00 e. The van der Waals surface area contributed by atoms with Crippen LogP contribution in [0.25, 0.3) is 0 Å². The van der Waals surface area contributed by atoms with Gasteiger partial charge in [-0.1, -0.05) is 0 Å². The van der Waals surface area contributed by atoms with Crippen LogP contribution in [-0.2, 0) is 0 Å². The molecule has 0 spiro atoms. The number of hydrogen-bond donors (Lipinski definition) is 0. The summed E-state index contributed by atoms with van der Waals surface area (Å²) < 4.78 is 0. The van der Waals surface area contributed by atoms with Gasteiger partial charge in [0, 0.05) is 0 Å². The van der Waals surface area contributed by atoms with Gasteiger partial charge in [0.2, 0.25) is 0 Å². The van der Waals surface area contributed by atoms with Crippen molar-refractivity contribution in [2.75, 3.05) is 0 Å². The molecule has 0 aromatic carbocycles. The average Bonchev–Trinajstić information content (AvgIpc) is 0. The van der Waals surface area contributed by atoms with Crippen LogP contribution < -0.4 is 59.1 Å². The second-order valence-corrected chi connectivity index (χ2v) is 0. The molecule has 8 heteroatoms. The predicted molar refractivity (Wildman–Crippen MR) is 23.9 cm³/mol. The van der Waals surface area contributed by atoms with E-state index in [1.54, 1.807) is 0 Å². The zero-order chi connectivity index (χ0) is 0. The Labute approximate surface area is 94.0 Å². The molecule has 0 aliphatic rings. The van der Waals surface area contributed by atoms with Gasteiger partial charge in [-0.25, -0.2) is 0 Å². The maximum absolute atomic E-state index is 0. The maximum atomic E-state index is 0. The van der Waals surface area contributed by atoms with Gasteiger partial charge in [-0.2, -0.15) is 0 Å². The Bertz CT molecular complexity index is 13.7. The van der Waals surface area contributed by atoms with Crippen molar-refractivity contribution in [3.05, 3.63) is 0 Å². The van der Waals surface area contributed by atoms with Crippen LogP contribution in [0.1, 0.15) is 2.85 Å². The smallest absolute Gasteiger partial charge is 1.00 e. The molecule has 0 atom stereocenters. The Balaban J connectivity index is 0. The van der Waals surface area contributed by atoms with E-state index in [1.807, 2.05) is 0 Å². The topological polar surface area (TPSA) is 189 Å². The molecule has 8 heavy (non-hydrogen) atoms. The van der Waals surface area contributed by atoms with E-state index >= 15 is 0 Å². The molecule has 6 nitrogen and oxygen atoms in total. The molecule has 0 saturated heterocycles. The Morgan fingerprint density at radius 1 is 0.375 bits per heavy atom. The summed E-state index contributed by atoms with van der Waals surface area (Å²) in [5, 5.41) is 0. The van der Waals surface area contributed by atoms with Gasteiger partial charge >= 0.3 is 59.1 Å². The van der Waals surface area contributed by atoms with Gasteiger partial charge < -0.3 is 35.7 Å². The third-order valence-corrected chi connectivity index (χ3v) is 0. The molecule has 0 heterocycles. The first-order chi connectivity index (χ1) is 0. The van der Waals surface area contributed by atoms with Crippen LogP contribution in [0.3, 0.4) is 0 Å². The Kier molecular flexibility index (Phi) is 5150. The molecule has 0 radical (unpaired) electrons. The van der Waals surface area contributed by atoms with Crippen molar-refractivity contribution < 1.29 is 94.8 Å². The van der Waals surface area contributed by atoms with Gasteiger partial charge in [0.05, 0.1) is 0 Å². The average molecular weight is 156 g/mol. The summed E-state index contributed by atoms with van der Waals surface area (Å²) in [4.78, 5) is 0. The van der Waals surface area contributed by atoms with Crippen LogP contribution in [0, 0.1) is 0 Å². The quantitative estimate of drug-likeness (QED) is 0.301. The first-order valence-corrected chi connectivity index (χ1v) is 0. The van der Waals surface area contributed by atoms with Gasteiger partial charge in [-0.05, 0) is 0 Å². The molecule has 0 aromatic heterocycles. The van der Waals surface area contributed by atoms with Crippen molar-refractivity contribution in [3.63, 3.8) is 0 Å². The third-order valence-electron chi connectivity index (χ3n) is 0. The monoisotopic (exact) mass is 156 g/mol. The van der Waals surface area contributed by atoms with Crippen LogP contribution in [0.4, 0.5) is 0 Å². The molecule has 0 aliphatic heterocycles. The van der Waals surface area contributed by atoms with Crippen LogP contribution in [0.5, 0.6) is 0 Å². The summed E-state index contributed by atoms with van der Waals surface area (Å²) in [5.41, 5.74) is 0. The zero-order valence-electron chi connectivity index (χ0n) is 7.00. The molecule has 0 saturated carbocycles. The van der Waals surface area contributed by atoms with E-state index in [9.17, 15) is 0 Å². The summed E-state index contributed by atoms with van der Waals surface area (Å²) in [7, 11) is 0. The van der Waals surface area contributed by atoms with Crippen LogP contribution in [0.2, 0.25) is 0 Å². The molecule has 0 rings (SSSR count). The minimum Gasteiger partial charge on any atom is -1.00 e. The fourth-order valence-electron chi connectivity index (χ4n) is 0. The second-order valence-electron chi connectivity index (χ2n) is 0. The van der Waals surface area contributed by atoms with Crippen molar-refractivity contribution in [2.24, 2.45) is 0 Å². The molecule has 0 aromatic rings. The Morgan fingerprint density at radius 3 is 0.375 bits per heavy atom. The summed E-state index contributed by atoms with van der Waals surface area (Å²) in [6.45, 7) is 0. The SMILES string of the molecule is O.O.O.O.O.O.[H-].[H-].[Na+].[Na+]. The molecule has 52 valence electrons. The maximum Gasteiger partial charge on any atom is 1.00 e. The van der Waals surface area contributed by atoms with Gasteiger partial charge in [0.25, 0.3) is 0 Å². The van der Waals surface area contributed by atoms with Crippen LogP contribution >= 0.6 is 0 Å². The predicted octanol–water partition coefficient (Wildman–Crippen LogP) is -10.7. The van der Waals surface area contributed by atoms with Crippen LogP contribution in [-0.4, -0.2) is 32.9 Å². The minimum atomic E-state index is 0. The molecular weight excluding hydrogens is 142 g/mol. The Morgan fingerprint density at radius 2 is 0.375 bits per heavy atom. The fourth-order valence-corrected chi connectivity index (χ4v) is 0. The van der Waals surface area contributed by atoms with E-state index in [0.717, 1.165) is 0 Å². The van der Waals surface area contributed by atoms with Gasteiger partial charge in [-0.15, -0.1) is 0 Å². The van der Waals surface area contributed by atoms with Crippen LogP contribution in [0.15, 0.2) is 0 Å². The van der Waals surface area contributed by atoms with Crippen molar-refractivity contribution >= 4 is 0 Å². The van der Waals surface area contributed by atoms with E-state index in [2.05, 4.69) is 0 Å². The standard InChI is InChI=1S/2Na.6H2O.2H/h;;6*1H2;;/q2*+1;;;;;;;2*-1. The van der Waals surface area contributed by atoms with Crippen molar-refractivity contribution in [3.8, 4) is 0 Å². The summed E-state index contributed by atoms with van der Waals surface area (Å²) in [6.07, 6.45) is 0. The molecule has 0 fully saturated rings. The summed E-state index contributed by atoms with van der Waals surface area (Å²) in [6, 6.07) is 0. The first-order valence-electron chi connectivity index (χ1n) is 0. The molecule has 0 amide bonds. The van der Waals surface area contributed by atoms with Crippen molar-refractivity contribution in [1.29, 1.82) is 0 Å². The molecule has 12 N–H and O–H groups in total. The van der Waals surface area contributed by atoms with E-state index in [-0.39, 0.29) is 94.8 Å². The van der Waals surface area contributed by atoms with Crippen molar-refractivity contribution in [2.45, 2.75) is 0 Å². The minimum absolute atomic E-state index is 0. The summed E-state index contributed by atoms with van der Waals surface area (Å²) in [5.74, 6) is 0. The summed E-state index contributed by atoms with van der Waals surface area (Å²) >= 11 is 0. The van der Waals surface area contributed by atoms with Crippen molar-refractivity contribution in [1.82, 2.24) is 0 Å². The van der Waals surface area contributed by atoms with E-state index in [1.165, 1.54) is 0 Å². The van der Waals surface area contributed by atoms with E-state index < -0.39 is 0 Å². The van der Waals surface area contributed by atoms with Gasteiger partial charge in [-0.3, -0.25) is 0 Å². The van der Waals surface area contributed by atoms with Gasteiger partial charge in [0.1, 0.15) is 0 Å². The van der Waals surface area contributed by atoms with Gasteiger partial charge in [0.15, 0.2) is 0 Å². The molecule has 0 unspecified atom stereocenters. The molecule has 0 bridgehead atoms. The normalized spacial score (nSPS) is 0. The molecule has 0 aliphatic carbocycles. The third kappa shape index (κ3) is 114. The first kappa shape index (κ1) is 242. The zero-order valence-corrected chi connectivity index (χ0v) is 9.00. The van der Waals surface area contributed by atoms with E-state index in [0.29, 0.717) is 0 Å². The molecular formula is H14Na2O6. The van der Waals surface area contributed by atoms with E-state index in [4.69, 9.17) is 0 Å². The number of rotatable bonds is 0. The number of hydrogen-bond acceptors (Lipinski definition) is 0. The fraction of sp³-hybridized carbons (Fsp3) is 0.